The van der Waals surface area contributed by atoms with Crippen molar-refractivity contribution in [1.29, 1.82) is 0 Å². The van der Waals surface area contributed by atoms with E-state index in [1.165, 1.54) is 38.9 Å². The first-order valence-electron chi connectivity index (χ1n) is 15.7. The first-order valence-corrected chi connectivity index (χ1v) is 15.7. The lowest BCUT2D eigenvalue weighted by atomic mass is 9.68. The second-order valence-electron chi connectivity index (χ2n) is 11.7. The van der Waals surface area contributed by atoms with Crippen LogP contribution < -0.4 is 4.74 Å². The molecular formula is C44H32O2. The predicted octanol–water partition coefficient (Wildman–Crippen LogP) is 10.5. The first kappa shape index (κ1) is 27.7. The highest BCUT2D eigenvalue weighted by Gasteiger charge is 2.47. The Kier molecular flexibility index (Phi) is 7.16. The molecule has 2 aliphatic rings. The second kappa shape index (κ2) is 11.9. The average molecular weight is 593 g/mol. The second-order valence-corrected chi connectivity index (χ2v) is 11.7. The summed E-state index contributed by atoms with van der Waals surface area (Å²) in [6.45, 7) is 0. The lowest BCUT2D eigenvalue weighted by Crippen LogP contribution is -2.28. The van der Waals surface area contributed by atoms with Crippen molar-refractivity contribution in [2.24, 2.45) is 0 Å². The van der Waals surface area contributed by atoms with Gasteiger partial charge in [0.2, 0.25) is 0 Å². The Balaban J connectivity index is 1.15. The van der Waals surface area contributed by atoms with Gasteiger partial charge in [-0.25, -0.2) is 0 Å². The Morgan fingerprint density at radius 2 is 1.15 bits per heavy atom. The molecular weight excluding hydrogens is 560 g/mol. The van der Waals surface area contributed by atoms with Crippen molar-refractivity contribution < 1.29 is 9.47 Å². The van der Waals surface area contributed by atoms with Crippen LogP contribution in [0.5, 0.6) is 5.75 Å². The average Bonchev–Trinajstić information content (AvgIpc) is 3.23. The van der Waals surface area contributed by atoms with Crippen LogP contribution in [-0.2, 0) is 16.6 Å². The SMILES string of the molecule is C1=CC(c2cccc(Cc3ccccc3)c2)=COC=C1Oc1cccc2c1-c1ccccc1C2(c1ccccc1)c1ccccc1. The summed E-state index contributed by atoms with van der Waals surface area (Å²) in [5.74, 6) is 1.43. The van der Waals surface area contributed by atoms with Gasteiger partial charge in [-0.15, -0.1) is 0 Å². The maximum absolute atomic E-state index is 6.70. The molecule has 6 aromatic rings. The highest BCUT2D eigenvalue weighted by atomic mass is 16.5. The molecule has 2 heteroatoms. The van der Waals surface area contributed by atoms with Crippen LogP contribution >= 0.6 is 0 Å². The summed E-state index contributed by atoms with van der Waals surface area (Å²) in [4.78, 5) is 0. The highest BCUT2D eigenvalue weighted by Crippen LogP contribution is 2.58. The van der Waals surface area contributed by atoms with Crippen molar-refractivity contribution in [2.75, 3.05) is 0 Å². The summed E-state index contributed by atoms with van der Waals surface area (Å²) in [5, 5.41) is 0. The first-order chi connectivity index (χ1) is 22.8. The van der Waals surface area contributed by atoms with Gasteiger partial charge in [-0.05, 0) is 69.1 Å². The minimum Gasteiger partial charge on any atom is -0.468 e. The number of hydrogen-bond donors (Lipinski definition) is 0. The number of allylic oxidation sites excluding steroid dienone is 3. The van der Waals surface area contributed by atoms with Crippen LogP contribution in [0.1, 0.15) is 38.9 Å². The van der Waals surface area contributed by atoms with Gasteiger partial charge in [0, 0.05) is 11.1 Å². The number of fused-ring (bicyclic) bond motifs is 3. The van der Waals surface area contributed by atoms with Gasteiger partial charge in [0.15, 0.2) is 5.76 Å². The molecule has 0 unspecified atom stereocenters. The molecule has 220 valence electrons. The molecule has 0 spiro atoms. The minimum absolute atomic E-state index is 0.475. The lowest BCUT2D eigenvalue weighted by Gasteiger charge is -2.33. The third kappa shape index (κ3) is 4.85. The Bertz CT molecular complexity index is 2070. The Morgan fingerprint density at radius 3 is 1.91 bits per heavy atom. The molecule has 0 bridgehead atoms. The molecule has 0 N–H and O–H groups in total. The summed E-state index contributed by atoms with van der Waals surface area (Å²) in [6.07, 6.45) is 8.40. The summed E-state index contributed by atoms with van der Waals surface area (Å²) in [7, 11) is 0. The van der Waals surface area contributed by atoms with E-state index in [9.17, 15) is 0 Å². The van der Waals surface area contributed by atoms with Gasteiger partial charge in [0.25, 0.3) is 0 Å². The van der Waals surface area contributed by atoms with E-state index in [0.29, 0.717) is 5.76 Å². The molecule has 0 fully saturated rings. The van der Waals surface area contributed by atoms with Gasteiger partial charge in [-0.1, -0.05) is 152 Å². The quantitative estimate of drug-likeness (QED) is 0.183. The van der Waals surface area contributed by atoms with Crippen molar-refractivity contribution in [1.82, 2.24) is 0 Å². The molecule has 2 nitrogen and oxygen atoms in total. The Labute approximate surface area is 270 Å². The normalized spacial score (nSPS) is 14.3. The fourth-order valence-electron chi connectivity index (χ4n) is 7.01. The maximum Gasteiger partial charge on any atom is 0.162 e. The van der Waals surface area contributed by atoms with Gasteiger partial charge in [-0.2, -0.15) is 0 Å². The fraction of sp³-hybridized carbons (Fsp3) is 0.0455. The molecule has 6 aromatic carbocycles. The van der Waals surface area contributed by atoms with Gasteiger partial charge in [-0.3, -0.25) is 0 Å². The molecule has 8 rings (SSSR count). The zero-order chi connectivity index (χ0) is 30.8. The lowest BCUT2D eigenvalue weighted by molar-refractivity contribution is 0.359. The number of benzene rings is 6. The van der Waals surface area contributed by atoms with E-state index in [4.69, 9.17) is 9.47 Å². The van der Waals surface area contributed by atoms with Crippen LogP contribution in [0.4, 0.5) is 0 Å². The third-order valence-corrected chi connectivity index (χ3v) is 8.99. The molecule has 46 heavy (non-hydrogen) atoms. The van der Waals surface area contributed by atoms with Crippen LogP contribution in [0.15, 0.2) is 188 Å². The summed E-state index contributed by atoms with van der Waals surface area (Å²) < 4.78 is 12.7. The molecule has 0 atom stereocenters. The van der Waals surface area contributed by atoms with Crippen LogP contribution in [-0.4, -0.2) is 0 Å². The van der Waals surface area contributed by atoms with Gasteiger partial charge in [0.1, 0.15) is 12.0 Å². The summed E-state index contributed by atoms with van der Waals surface area (Å²) in [6, 6.07) is 55.9. The molecule has 1 aliphatic carbocycles. The predicted molar refractivity (Wildman–Crippen MR) is 186 cm³/mol. The van der Waals surface area contributed by atoms with Crippen LogP contribution in [0.2, 0.25) is 0 Å². The van der Waals surface area contributed by atoms with Crippen molar-refractivity contribution in [3.63, 3.8) is 0 Å². The molecule has 0 saturated carbocycles. The van der Waals surface area contributed by atoms with E-state index in [-0.39, 0.29) is 0 Å². The van der Waals surface area contributed by atoms with Crippen LogP contribution in [0, 0.1) is 0 Å². The third-order valence-electron chi connectivity index (χ3n) is 8.99. The van der Waals surface area contributed by atoms with E-state index in [1.54, 1.807) is 12.5 Å². The molecule has 0 amide bonds. The minimum atomic E-state index is -0.475. The monoisotopic (exact) mass is 592 g/mol. The number of rotatable bonds is 7. The molecule has 0 saturated heterocycles. The van der Waals surface area contributed by atoms with Crippen molar-refractivity contribution in [2.45, 2.75) is 11.8 Å². The van der Waals surface area contributed by atoms with E-state index in [0.717, 1.165) is 28.9 Å². The maximum atomic E-state index is 6.70. The van der Waals surface area contributed by atoms with Crippen molar-refractivity contribution in [3.8, 4) is 16.9 Å². The number of hydrogen-bond acceptors (Lipinski definition) is 2. The largest absolute Gasteiger partial charge is 0.468 e. The van der Waals surface area contributed by atoms with E-state index in [2.05, 4.69) is 164 Å². The topological polar surface area (TPSA) is 18.5 Å². The molecule has 0 aromatic heterocycles. The zero-order valence-corrected chi connectivity index (χ0v) is 25.3. The van der Waals surface area contributed by atoms with Crippen molar-refractivity contribution >= 4 is 5.57 Å². The van der Waals surface area contributed by atoms with E-state index in [1.807, 2.05) is 6.08 Å². The Hall–Kier alpha value is -5.86. The van der Waals surface area contributed by atoms with Gasteiger partial charge < -0.3 is 9.47 Å². The van der Waals surface area contributed by atoms with Crippen LogP contribution in [0.25, 0.3) is 16.7 Å². The molecule has 1 heterocycles. The van der Waals surface area contributed by atoms with Gasteiger partial charge >= 0.3 is 0 Å². The van der Waals surface area contributed by atoms with Crippen molar-refractivity contribution in [3.05, 3.63) is 227 Å². The highest BCUT2D eigenvalue weighted by molar-refractivity contribution is 5.89. The van der Waals surface area contributed by atoms with Crippen LogP contribution in [0.3, 0.4) is 0 Å². The smallest absolute Gasteiger partial charge is 0.162 e. The molecule has 0 radical (unpaired) electrons. The summed E-state index contributed by atoms with van der Waals surface area (Å²) >= 11 is 0. The summed E-state index contributed by atoms with van der Waals surface area (Å²) in [5.41, 5.74) is 11.3. The standard InChI is InChI=1S/C44H32O2/c1-4-14-32(15-5-1)28-33-16-12-17-34(29-33)35-26-27-38(31-45-30-35)46-42-25-13-24-41-43(42)39-22-10-11-23-40(39)44(41,36-18-6-2-7-19-36)37-20-8-3-9-21-37/h1-27,29-31H,28H2. The van der Waals surface area contributed by atoms with Gasteiger partial charge in [0.05, 0.1) is 11.7 Å². The van der Waals surface area contributed by atoms with E-state index >= 15 is 0 Å². The fourth-order valence-corrected chi connectivity index (χ4v) is 7.01. The Morgan fingerprint density at radius 1 is 0.522 bits per heavy atom. The zero-order valence-electron chi connectivity index (χ0n) is 25.3. The number of ether oxygens (including phenoxy) is 2. The molecule has 1 aliphatic heterocycles. The van der Waals surface area contributed by atoms with E-state index < -0.39 is 5.41 Å².